The number of rotatable bonds is 5. The van der Waals surface area contributed by atoms with Crippen molar-refractivity contribution < 1.29 is 14.3 Å². The molecular weight excluding hydrogens is 372 g/mol. The van der Waals surface area contributed by atoms with E-state index in [1.54, 1.807) is 19.1 Å². The highest BCUT2D eigenvalue weighted by molar-refractivity contribution is 8.18. The minimum absolute atomic E-state index is 0.0546. The molecule has 2 aromatic carbocycles. The monoisotopic (exact) mass is 396 g/mol. The van der Waals surface area contributed by atoms with Crippen LogP contribution in [-0.4, -0.2) is 36.2 Å². The van der Waals surface area contributed by atoms with Crippen LogP contribution in [0.1, 0.15) is 25.0 Å². The van der Waals surface area contributed by atoms with Gasteiger partial charge in [0.1, 0.15) is 0 Å². The second-order valence-corrected chi connectivity index (χ2v) is 7.74. The largest absolute Gasteiger partial charge is 0.493 e. The van der Waals surface area contributed by atoms with E-state index < -0.39 is 0 Å². The number of carbonyl (C=O) groups is 1. The summed E-state index contributed by atoms with van der Waals surface area (Å²) in [4.78, 5) is 19.5. The van der Waals surface area contributed by atoms with E-state index in [0.29, 0.717) is 21.6 Å². The van der Waals surface area contributed by atoms with Crippen molar-refractivity contribution in [3.05, 3.63) is 58.5 Å². The van der Waals surface area contributed by atoms with Crippen molar-refractivity contribution >= 4 is 34.6 Å². The fraction of sp³-hybridized carbons (Fsp3) is 0.273. The third kappa shape index (κ3) is 4.39. The molecule has 0 unspecified atom stereocenters. The quantitative estimate of drug-likeness (QED) is 0.666. The summed E-state index contributed by atoms with van der Waals surface area (Å²) in [5, 5.41) is 0.664. The van der Waals surface area contributed by atoms with Crippen LogP contribution in [0.4, 0.5) is 5.69 Å². The lowest BCUT2D eigenvalue weighted by Crippen LogP contribution is -2.23. The van der Waals surface area contributed by atoms with E-state index in [-0.39, 0.29) is 12.0 Å². The van der Waals surface area contributed by atoms with Gasteiger partial charge in [-0.15, -0.1) is 0 Å². The lowest BCUT2D eigenvalue weighted by atomic mass is 10.2. The van der Waals surface area contributed by atoms with Gasteiger partial charge in [0.15, 0.2) is 16.7 Å². The number of likely N-dealkylation sites (N-methyl/N-ethyl adjacent to an activating group) is 1. The topological polar surface area (TPSA) is 51.1 Å². The number of benzene rings is 2. The molecule has 1 aliphatic rings. The summed E-state index contributed by atoms with van der Waals surface area (Å²) in [5.41, 5.74) is 2.80. The van der Waals surface area contributed by atoms with Crippen LogP contribution in [0.2, 0.25) is 0 Å². The van der Waals surface area contributed by atoms with Crippen molar-refractivity contribution in [1.29, 1.82) is 0 Å². The molecule has 28 heavy (non-hydrogen) atoms. The molecule has 0 spiro atoms. The SMILES string of the molecule is COc1cc(/C=C2/SC(=Nc3ccccc3C)N(C)C2=O)ccc1OC(C)C. The number of nitrogens with zero attached hydrogens (tertiary/aromatic N) is 2. The minimum Gasteiger partial charge on any atom is -0.493 e. The number of amidine groups is 1. The summed E-state index contributed by atoms with van der Waals surface area (Å²) >= 11 is 1.37. The summed E-state index contributed by atoms with van der Waals surface area (Å²) in [6.45, 7) is 5.94. The van der Waals surface area contributed by atoms with Gasteiger partial charge in [0.05, 0.1) is 23.8 Å². The summed E-state index contributed by atoms with van der Waals surface area (Å²) in [6, 6.07) is 13.5. The molecule has 3 rings (SSSR count). The average Bonchev–Trinajstić information content (AvgIpc) is 2.92. The molecule has 1 heterocycles. The molecule has 146 valence electrons. The third-order valence-electron chi connectivity index (χ3n) is 4.18. The predicted molar refractivity (Wildman–Crippen MR) is 115 cm³/mol. The van der Waals surface area contributed by atoms with Crippen molar-refractivity contribution in [2.75, 3.05) is 14.2 Å². The molecule has 1 aliphatic heterocycles. The Bertz CT molecular complexity index is 951. The Kier molecular flexibility index (Phi) is 6.09. The Hall–Kier alpha value is -2.73. The summed E-state index contributed by atoms with van der Waals surface area (Å²) in [7, 11) is 3.35. The van der Waals surface area contributed by atoms with Gasteiger partial charge in [-0.25, -0.2) is 4.99 Å². The van der Waals surface area contributed by atoms with E-state index in [2.05, 4.69) is 4.99 Å². The van der Waals surface area contributed by atoms with Gasteiger partial charge in [0, 0.05) is 7.05 Å². The molecule has 1 fully saturated rings. The van der Waals surface area contributed by atoms with Crippen molar-refractivity contribution in [2.24, 2.45) is 4.99 Å². The summed E-state index contributed by atoms with van der Waals surface area (Å²) < 4.78 is 11.2. The molecule has 1 saturated heterocycles. The molecule has 0 aliphatic carbocycles. The number of aryl methyl sites for hydroxylation is 1. The van der Waals surface area contributed by atoms with E-state index in [0.717, 1.165) is 16.8 Å². The number of thioether (sulfide) groups is 1. The first kappa shape index (κ1) is 20.0. The first-order valence-electron chi connectivity index (χ1n) is 9.05. The molecule has 0 radical (unpaired) electrons. The van der Waals surface area contributed by atoms with Crippen molar-refractivity contribution in [2.45, 2.75) is 26.9 Å². The molecule has 5 nitrogen and oxygen atoms in total. The number of para-hydroxylation sites is 1. The number of hydrogen-bond donors (Lipinski definition) is 0. The average molecular weight is 397 g/mol. The van der Waals surface area contributed by atoms with Gasteiger partial charge in [0.25, 0.3) is 5.91 Å². The number of ether oxygens (including phenoxy) is 2. The highest BCUT2D eigenvalue weighted by Crippen LogP contribution is 2.35. The first-order chi connectivity index (χ1) is 13.4. The number of methoxy groups -OCH3 is 1. The lowest BCUT2D eigenvalue weighted by Gasteiger charge is -2.13. The highest BCUT2D eigenvalue weighted by atomic mass is 32.2. The molecule has 6 heteroatoms. The zero-order valence-corrected chi connectivity index (χ0v) is 17.5. The van der Waals surface area contributed by atoms with Crippen LogP contribution in [0.5, 0.6) is 11.5 Å². The molecule has 0 atom stereocenters. The van der Waals surface area contributed by atoms with Crippen LogP contribution in [0.3, 0.4) is 0 Å². The maximum absolute atomic E-state index is 12.7. The van der Waals surface area contributed by atoms with Crippen molar-refractivity contribution in [3.63, 3.8) is 0 Å². The Morgan fingerprint density at radius 2 is 1.89 bits per heavy atom. The van der Waals surface area contributed by atoms with Crippen LogP contribution in [-0.2, 0) is 4.79 Å². The molecule has 0 bridgehead atoms. The predicted octanol–water partition coefficient (Wildman–Crippen LogP) is 5.02. The maximum atomic E-state index is 12.7. The Balaban J connectivity index is 1.89. The first-order valence-corrected chi connectivity index (χ1v) is 9.87. The van der Waals surface area contributed by atoms with Crippen LogP contribution in [0, 0.1) is 6.92 Å². The van der Waals surface area contributed by atoms with Crippen LogP contribution in [0.25, 0.3) is 6.08 Å². The minimum atomic E-state index is -0.0705. The molecular formula is C22H24N2O3S. The van der Waals surface area contributed by atoms with Crippen LogP contribution in [0.15, 0.2) is 52.4 Å². The van der Waals surface area contributed by atoms with Gasteiger partial charge < -0.3 is 9.47 Å². The van der Waals surface area contributed by atoms with E-state index in [9.17, 15) is 4.79 Å². The van der Waals surface area contributed by atoms with Crippen molar-refractivity contribution in [1.82, 2.24) is 4.90 Å². The summed E-state index contributed by atoms with van der Waals surface area (Å²) in [6.07, 6.45) is 1.91. The molecule has 0 N–H and O–H groups in total. The third-order valence-corrected chi connectivity index (χ3v) is 5.24. The second kappa shape index (κ2) is 8.52. The zero-order valence-electron chi connectivity index (χ0n) is 16.7. The number of carbonyl (C=O) groups excluding carboxylic acids is 1. The van der Waals surface area contributed by atoms with Gasteiger partial charge in [-0.2, -0.15) is 0 Å². The molecule has 0 aromatic heterocycles. The fourth-order valence-corrected chi connectivity index (χ4v) is 3.70. The van der Waals surface area contributed by atoms with Gasteiger partial charge in [-0.1, -0.05) is 24.3 Å². The maximum Gasteiger partial charge on any atom is 0.266 e. The zero-order chi connectivity index (χ0) is 20.3. The smallest absolute Gasteiger partial charge is 0.266 e. The molecule has 2 aromatic rings. The number of aliphatic imine (C=N–C) groups is 1. The van der Waals surface area contributed by atoms with Gasteiger partial charge in [0.2, 0.25) is 0 Å². The van der Waals surface area contributed by atoms with E-state index >= 15 is 0 Å². The van der Waals surface area contributed by atoms with Crippen molar-refractivity contribution in [3.8, 4) is 11.5 Å². The Labute approximate surface area is 170 Å². The lowest BCUT2D eigenvalue weighted by molar-refractivity contribution is -0.121. The van der Waals surface area contributed by atoms with Crippen LogP contribution < -0.4 is 9.47 Å². The number of hydrogen-bond acceptors (Lipinski definition) is 5. The Morgan fingerprint density at radius 3 is 2.57 bits per heavy atom. The normalized spacial score (nSPS) is 17.1. The Morgan fingerprint density at radius 1 is 1.14 bits per heavy atom. The van der Waals surface area contributed by atoms with E-state index in [4.69, 9.17) is 9.47 Å². The standard InChI is InChI=1S/C22H24N2O3S/c1-14(2)27-18-11-10-16(12-19(18)26-5)13-20-21(25)24(4)22(28-20)23-17-9-7-6-8-15(17)3/h6-14H,1-5H3/b20-13+,23-22?. The van der Waals surface area contributed by atoms with E-state index in [1.165, 1.54) is 11.8 Å². The molecule has 0 saturated carbocycles. The summed E-state index contributed by atoms with van der Waals surface area (Å²) in [5.74, 6) is 1.25. The second-order valence-electron chi connectivity index (χ2n) is 6.73. The highest BCUT2D eigenvalue weighted by Gasteiger charge is 2.30. The van der Waals surface area contributed by atoms with Gasteiger partial charge >= 0.3 is 0 Å². The van der Waals surface area contributed by atoms with E-state index in [1.807, 2.05) is 69.3 Å². The van der Waals surface area contributed by atoms with Gasteiger partial charge in [-0.05, 0) is 67.9 Å². The van der Waals surface area contributed by atoms with Gasteiger partial charge in [-0.3, -0.25) is 9.69 Å². The van der Waals surface area contributed by atoms with Crippen LogP contribution >= 0.6 is 11.8 Å². The molecule has 1 amide bonds. The fourth-order valence-electron chi connectivity index (χ4n) is 2.72. The number of amides is 1.